The van der Waals surface area contributed by atoms with Gasteiger partial charge in [-0.2, -0.15) is 4.99 Å². The lowest BCUT2D eigenvalue weighted by molar-refractivity contribution is 0.355. The number of methoxy groups -OCH3 is 2. The molecule has 0 atom stereocenters. The third-order valence-electron chi connectivity index (χ3n) is 3.09. The van der Waals surface area contributed by atoms with Crippen LogP contribution in [0.15, 0.2) is 40.8 Å². The maximum absolute atomic E-state index is 5.34. The van der Waals surface area contributed by atoms with E-state index in [0.29, 0.717) is 30.7 Å². The molecule has 0 radical (unpaired) electrons. The minimum Gasteiger partial charge on any atom is -0.493 e. The summed E-state index contributed by atoms with van der Waals surface area (Å²) in [5.74, 6) is 2.69. The quantitative estimate of drug-likeness (QED) is 0.466. The summed E-state index contributed by atoms with van der Waals surface area (Å²) >= 11 is 0. The first-order chi connectivity index (χ1) is 10.7. The van der Waals surface area contributed by atoms with Gasteiger partial charge in [-0.15, -0.1) is 6.58 Å². The number of amidine groups is 1. The molecule has 0 spiro atoms. The second kappa shape index (κ2) is 7.46. The van der Waals surface area contributed by atoms with Crippen molar-refractivity contribution in [2.75, 3.05) is 34.5 Å². The first kappa shape index (κ1) is 15.8. The molecule has 0 saturated heterocycles. The molecule has 2 rings (SSSR count). The maximum atomic E-state index is 5.34. The third kappa shape index (κ3) is 3.56. The van der Waals surface area contributed by atoms with Crippen molar-refractivity contribution in [2.45, 2.75) is 0 Å². The summed E-state index contributed by atoms with van der Waals surface area (Å²) in [6, 6.07) is 5.70. The number of hydrogen-bond donors (Lipinski definition) is 2. The van der Waals surface area contributed by atoms with Crippen LogP contribution in [0.5, 0.6) is 11.5 Å². The standard InChI is InChI=1S/C15H21N5O2/c1-5-8-17-19-15-16-10-20(2)14(18-15)11-6-7-12(21-3)13(9-11)22-4/h5-7,9,17H,1,8,10H2,2-4H3,(H,16,19). The highest BCUT2D eigenvalue weighted by Crippen LogP contribution is 2.28. The Labute approximate surface area is 130 Å². The van der Waals surface area contributed by atoms with Crippen LogP contribution >= 0.6 is 0 Å². The molecular formula is C15H21N5O2. The fourth-order valence-electron chi connectivity index (χ4n) is 1.99. The predicted octanol–water partition coefficient (Wildman–Crippen LogP) is 0.990. The van der Waals surface area contributed by atoms with Crippen molar-refractivity contribution in [2.24, 2.45) is 9.98 Å². The molecule has 0 amide bonds. The smallest absolute Gasteiger partial charge is 0.236 e. The van der Waals surface area contributed by atoms with Crippen LogP contribution in [0.4, 0.5) is 0 Å². The van der Waals surface area contributed by atoms with Gasteiger partial charge in [-0.05, 0) is 18.2 Å². The van der Waals surface area contributed by atoms with E-state index in [-0.39, 0.29) is 0 Å². The summed E-state index contributed by atoms with van der Waals surface area (Å²) in [6.07, 6.45) is 1.75. The number of nitrogens with one attached hydrogen (secondary N) is 2. The van der Waals surface area contributed by atoms with Crippen LogP contribution < -0.4 is 20.3 Å². The van der Waals surface area contributed by atoms with Gasteiger partial charge in [0, 0.05) is 19.2 Å². The van der Waals surface area contributed by atoms with E-state index in [1.165, 1.54) is 0 Å². The summed E-state index contributed by atoms with van der Waals surface area (Å²) in [5.41, 5.74) is 6.84. The highest BCUT2D eigenvalue weighted by molar-refractivity contribution is 6.07. The predicted molar refractivity (Wildman–Crippen MR) is 87.5 cm³/mol. The number of nitrogens with zero attached hydrogens (tertiary/aromatic N) is 3. The Morgan fingerprint density at radius 1 is 1.32 bits per heavy atom. The van der Waals surface area contributed by atoms with E-state index < -0.39 is 0 Å². The first-order valence-electron chi connectivity index (χ1n) is 6.86. The van der Waals surface area contributed by atoms with E-state index in [2.05, 4.69) is 27.4 Å². The fourth-order valence-corrected chi connectivity index (χ4v) is 1.99. The van der Waals surface area contributed by atoms with Crippen LogP contribution in [-0.2, 0) is 0 Å². The molecule has 0 bridgehead atoms. The second-order valence-electron chi connectivity index (χ2n) is 4.62. The number of guanidine groups is 1. The van der Waals surface area contributed by atoms with E-state index in [1.807, 2.05) is 30.1 Å². The molecule has 0 aromatic heterocycles. The molecule has 0 aliphatic carbocycles. The largest absolute Gasteiger partial charge is 0.493 e. The molecule has 1 aromatic carbocycles. The highest BCUT2D eigenvalue weighted by Gasteiger charge is 2.17. The Balaban J connectivity index is 2.25. The zero-order valence-electron chi connectivity index (χ0n) is 13.1. The van der Waals surface area contributed by atoms with E-state index in [1.54, 1.807) is 20.3 Å². The normalized spacial score (nSPS) is 14.0. The SMILES string of the molecule is C=CCNNC1=NCN(C)C(c2ccc(OC)c(OC)c2)=N1. The molecule has 0 saturated carbocycles. The van der Waals surface area contributed by atoms with Crippen LogP contribution in [-0.4, -0.2) is 51.2 Å². The molecular weight excluding hydrogens is 282 g/mol. The van der Waals surface area contributed by atoms with Crippen LogP contribution in [0, 0.1) is 0 Å². The molecule has 1 aliphatic rings. The summed E-state index contributed by atoms with van der Waals surface area (Å²) in [7, 11) is 5.16. The minimum atomic E-state index is 0.519. The Hall–Kier alpha value is -2.54. The number of hydrogen-bond acceptors (Lipinski definition) is 7. The van der Waals surface area contributed by atoms with Crippen LogP contribution in [0.3, 0.4) is 0 Å². The molecule has 1 heterocycles. The van der Waals surface area contributed by atoms with Gasteiger partial charge in [-0.3, -0.25) is 5.43 Å². The van der Waals surface area contributed by atoms with Crippen molar-refractivity contribution >= 4 is 11.8 Å². The van der Waals surface area contributed by atoms with Crippen LogP contribution in [0.1, 0.15) is 5.56 Å². The highest BCUT2D eigenvalue weighted by atomic mass is 16.5. The van der Waals surface area contributed by atoms with Gasteiger partial charge in [-0.25, -0.2) is 10.4 Å². The maximum Gasteiger partial charge on any atom is 0.236 e. The topological polar surface area (TPSA) is 70.5 Å². The van der Waals surface area contributed by atoms with Crippen molar-refractivity contribution in [3.05, 3.63) is 36.4 Å². The lowest BCUT2D eigenvalue weighted by atomic mass is 10.1. The van der Waals surface area contributed by atoms with E-state index in [0.717, 1.165) is 11.4 Å². The van der Waals surface area contributed by atoms with Gasteiger partial charge >= 0.3 is 0 Å². The van der Waals surface area contributed by atoms with E-state index >= 15 is 0 Å². The van der Waals surface area contributed by atoms with E-state index in [9.17, 15) is 0 Å². The molecule has 0 unspecified atom stereocenters. The Morgan fingerprint density at radius 3 is 2.77 bits per heavy atom. The van der Waals surface area contributed by atoms with Crippen molar-refractivity contribution in [1.82, 2.24) is 15.8 Å². The van der Waals surface area contributed by atoms with Gasteiger partial charge in [0.2, 0.25) is 5.96 Å². The zero-order chi connectivity index (χ0) is 15.9. The molecule has 1 aromatic rings. The molecule has 22 heavy (non-hydrogen) atoms. The van der Waals surface area contributed by atoms with Gasteiger partial charge in [0.25, 0.3) is 0 Å². The number of benzene rings is 1. The third-order valence-corrected chi connectivity index (χ3v) is 3.09. The molecule has 1 aliphatic heterocycles. The summed E-state index contributed by atoms with van der Waals surface area (Å²) in [6.45, 7) is 4.78. The first-order valence-corrected chi connectivity index (χ1v) is 6.86. The minimum absolute atomic E-state index is 0.519. The van der Waals surface area contributed by atoms with Crippen LogP contribution in [0.25, 0.3) is 0 Å². The second-order valence-corrected chi connectivity index (χ2v) is 4.62. The Morgan fingerprint density at radius 2 is 2.09 bits per heavy atom. The molecule has 0 fully saturated rings. The van der Waals surface area contributed by atoms with Crippen LogP contribution in [0.2, 0.25) is 0 Å². The lowest BCUT2D eigenvalue weighted by Crippen LogP contribution is -2.42. The van der Waals surface area contributed by atoms with Gasteiger partial charge in [0.05, 0.1) is 14.2 Å². The van der Waals surface area contributed by atoms with Gasteiger partial charge in [-0.1, -0.05) is 6.08 Å². The number of hydrazine groups is 1. The van der Waals surface area contributed by atoms with Gasteiger partial charge in [0.1, 0.15) is 12.5 Å². The zero-order valence-corrected chi connectivity index (χ0v) is 13.1. The number of aliphatic imine (C=N–C) groups is 2. The Kier molecular flexibility index (Phi) is 5.37. The lowest BCUT2D eigenvalue weighted by Gasteiger charge is -2.24. The average Bonchev–Trinajstić information content (AvgIpc) is 2.56. The summed E-state index contributed by atoms with van der Waals surface area (Å²) < 4.78 is 10.6. The van der Waals surface area contributed by atoms with E-state index in [4.69, 9.17) is 9.47 Å². The van der Waals surface area contributed by atoms with Crippen molar-refractivity contribution < 1.29 is 9.47 Å². The molecule has 118 valence electrons. The molecule has 7 heteroatoms. The fraction of sp³-hybridized carbons (Fsp3) is 0.333. The van der Waals surface area contributed by atoms with Crippen molar-refractivity contribution in [3.63, 3.8) is 0 Å². The molecule has 2 N–H and O–H groups in total. The monoisotopic (exact) mass is 303 g/mol. The number of ether oxygens (including phenoxy) is 2. The summed E-state index contributed by atoms with van der Waals surface area (Å²) in [5, 5.41) is 0. The van der Waals surface area contributed by atoms with Gasteiger partial charge in [0.15, 0.2) is 11.5 Å². The average molecular weight is 303 g/mol. The van der Waals surface area contributed by atoms with Gasteiger partial charge < -0.3 is 14.4 Å². The summed E-state index contributed by atoms with van der Waals surface area (Å²) in [4.78, 5) is 10.8. The van der Waals surface area contributed by atoms with Crippen molar-refractivity contribution in [3.8, 4) is 11.5 Å². The molecule has 7 nitrogen and oxygen atoms in total. The van der Waals surface area contributed by atoms with Crippen molar-refractivity contribution in [1.29, 1.82) is 0 Å². The number of rotatable bonds is 6. The Bertz CT molecular complexity index is 598.